The monoisotopic (exact) mass is 295 g/mol. The Kier molecular flexibility index (Phi) is 4.98. The third-order valence-corrected chi connectivity index (χ3v) is 4.88. The predicted molar refractivity (Wildman–Crippen MR) is 85.2 cm³/mol. The van der Waals surface area contributed by atoms with Crippen LogP contribution in [0.25, 0.3) is 0 Å². The summed E-state index contributed by atoms with van der Waals surface area (Å²) in [5.74, 6) is 1.90. The first kappa shape index (κ1) is 15.7. The Bertz CT molecular complexity index is 441. The average Bonchev–Trinajstić information content (AvgIpc) is 2.40. The van der Waals surface area contributed by atoms with E-state index in [1.165, 1.54) is 6.42 Å². The average molecular weight is 296 g/mol. The second-order valence-electron chi connectivity index (χ2n) is 6.96. The zero-order chi connectivity index (χ0) is 14.8. The minimum atomic E-state index is 0.179. The first-order valence-electron chi connectivity index (χ1n) is 7.53. The molecule has 0 aliphatic heterocycles. The summed E-state index contributed by atoms with van der Waals surface area (Å²) in [6.45, 7) is 7.62. The van der Waals surface area contributed by atoms with Crippen LogP contribution < -0.4 is 10.5 Å². The minimum absolute atomic E-state index is 0.179. The van der Waals surface area contributed by atoms with Gasteiger partial charge in [-0.1, -0.05) is 44.5 Å². The van der Waals surface area contributed by atoms with Crippen LogP contribution in [0.15, 0.2) is 24.3 Å². The van der Waals surface area contributed by atoms with E-state index < -0.39 is 0 Å². The molecule has 1 aromatic carbocycles. The Labute approximate surface area is 127 Å². The summed E-state index contributed by atoms with van der Waals surface area (Å²) in [7, 11) is 0. The van der Waals surface area contributed by atoms with E-state index in [1.54, 1.807) is 0 Å². The molecule has 1 fully saturated rings. The van der Waals surface area contributed by atoms with Gasteiger partial charge in [0.15, 0.2) is 0 Å². The van der Waals surface area contributed by atoms with Crippen molar-refractivity contribution in [2.75, 3.05) is 6.54 Å². The van der Waals surface area contributed by atoms with Crippen LogP contribution in [0.1, 0.15) is 40.0 Å². The van der Waals surface area contributed by atoms with E-state index in [2.05, 4.69) is 20.8 Å². The zero-order valence-corrected chi connectivity index (χ0v) is 13.5. The molecule has 0 amide bonds. The lowest BCUT2D eigenvalue weighted by Gasteiger charge is -2.41. The van der Waals surface area contributed by atoms with Gasteiger partial charge in [-0.3, -0.25) is 0 Å². The van der Waals surface area contributed by atoms with Crippen molar-refractivity contribution in [2.24, 2.45) is 23.0 Å². The smallest absolute Gasteiger partial charge is 0.138 e. The third kappa shape index (κ3) is 3.67. The molecule has 0 radical (unpaired) electrons. The van der Waals surface area contributed by atoms with Crippen molar-refractivity contribution in [1.82, 2.24) is 0 Å². The molecular formula is C17H26ClNO. The van der Waals surface area contributed by atoms with Crippen LogP contribution in [-0.4, -0.2) is 12.6 Å². The highest BCUT2D eigenvalue weighted by molar-refractivity contribution is 6.32. The number of halogens is 1. The summed E-state index contributed by atoms with van der Waals surface area (Å²) in [5, 5.41) is 0.682. The molecule has 112 valence electrons. The van der Waals surface area contributed by atoms with Gasteiger partial charge in [0.05, 0.1) is 5.02 Å². The van der Waals surface area contributed by atoms with Gasteiger partial charge in [-0.2, -0.15) is 0 Å². The van der Waals surface area contributed by atoms with E-state index in [0.29, 0.717) is 28.8 Å². The van der Waals surface area contributed by atoms with E-state index in [0.717, 1.165) is 18.6 Å². The van der Waals surface area contributed by atoms with Gasteiger partial charge in [0.2, 0.25) is 0 Å². The van der Waals surface area contributed by atoms with Crippen LogP contribution in [0.5, 0.6) is 5.75 Å². The molecule has 0 heterocycles. The largest absolute Gasteiger partial charge is 0.489 e. The van der Waals surface area contributed by atoms with E-state index in [4.69, 9.17) is 22.1 Å². The number of nitrogens with two attached hydrogens (primary N) is 1. The summed E-state index contributed by atoms with van der Waals surface area (Å²) < 4.78 is 6.20. The van der Waals surface area contributed by atoms with Gasteiger partial charge >= 0.3 is 0 Å². The lowest BCUT2D eigenvalue weighted by molar-refractivity contribution is 0.0332. The number of ether oxygens (including phenoxy) is 1. The van der Waals surface area contributed by atoms with Gasteiger partial charge in [0.1, 0.15) is 11.9 Å². The molecular weight excluding hydrogens is 270 g/mol. The Balaban J connectivity index is 2.12. The van der Waals surface area contributed by atoms with Crippen LogP contribution in [0.3, 0.4) is 0 Å². The van der Waals surface area contributed by atoms with Gasteiger partial charge in [0.25, 0.3) is 0 Å². The number of hydrogen-bond donors (Lipinski definition) is 1. The Hall–Kier alpha value is -0.730. The maximum atomic E-state index is 6.20. The maximum Gasteiger partial charge on any atom is 0.138 e. The van der Waals surface area contributed by atoms with Crippen LogP contribution in [0.4, 0.5) is 0 Å². The van der Waals surface area contributed by atoms with Crippen molar-refractivity contribution in [1.29, 1.82) is 0 Å². The summed E-state index contributed by atoms with van der Waals surface area (Å²) in [5.41, 5.74) is 6.25. The molecule has 3 unspecified atom stereocenters. The molecule has 1 aliphatic carbocycles. The molecule has 0 spiro atoms. The van der Waals surface area contributed by atoms with Gasteiger partial charge < -0.3 is 10.5 Å². The lowest BCUT2D eigenvalue weighted by Crippen LogP contribution is -2.41. The van der Waals surface area contributed by atoms with Crippen molar-refractivity contribution in [3.8, 4) is 5.75 Å². The quantitative estimate of drug-likeness (QED) is 0.890. The molecule has 0 bridgehead atoms. The van der Waals surface area contributed by atoms with Crippen LogP contribution in [0, 0.1) is 17.3 Å². The molecule has 0 saturated heterocycles. The standard InChI is InChI=1S/C17H26ClNO/c1-17(2,3)13-9-8-12(11-19)16(10-13)20-15-7-5-4-6-14(15)18/h4-7,12-13,16H,8-11,19H2,1-3H3. The van der Waals surface area contributed by atoms with Crippen molar-refractivity contribution in [3.05, 3.63) is 29.3 Å². The molecule has 2 N–H and O–H groups in total. The Morgan fingerprint density at radius 1 is 1.25 bits per heavy atom. The summed E-state index contributed by atoms with van der Waals surface area (Å²) in [4.78, 5) is 0. The van der Waals surface area contributed by atoms with E-state index in [-0.39, 0.29) is 6.10 Å². The van der Waals surface area contributed by atoms with E-state index in [9.17, 15) is 0 Å². The summed E-state index contributed by atoms with van der Waals surface area (Å²) in [6, 6.07) is 7.70. The number of rotatable bonds is 3. The fraction of sp³-hybridized carbons (Fsp3) is 0.647. The maximum absolute atomic E-state index is 6.20. The van der Waals surface area contributed by atoms with E-state index in [1.807, 2.05) is 24.3 Å². The van der Waals surface area contributed by atoms with Crippen LogP contribution in [-0.2, 0) is 0 Å². The van der Waals surface area contributed by atoms with Gasteiger partial charge in [-0.25, -0.2) is 0 Å². The summed E-state index contributed by atoms with van der Waals surface area (Å²) >= 11 is 6.20. The fourth-order valence-electron chi connectivity index (χ4n) is 3.10. The van der Waals surface area contributed by atoms with Gasteiger partial charge in [0, 0.05) is 5.92 Å². The first-order valence-corrected chi connectivity index (χ1v) is 7.91. The molecule has 3 atom stereocenters. The van der Waals surface area contributed by atoms with Gasteiger partial charge in [-0.15, -0.1) is 0 Å². The lowest BCUT2D eigenvalue weighted by atomic mass is 9.68. The SMILES string of the molecule is CC(C)(C)C1CCC(CN)C(Oc2ccccc2Cl)C1. The fourth-order valence-corrected chi connectivity index (χ4v) is 3.28. The third-order valence-electron chi connectivity index (χ3n) is 4.57. The van der Waals surface area contributed by atoms with Crippen molar-refractivity contribution in [3.63, 3.8) is 0 Å². The summed E-state index contributed by atoms with van der Waals surface area (Å²) in [6.07, 6.45) is 3.63. The molecule has 1 aliphatic rings. The minimum Gasteiger partial charge on any atom is -0.489 e. The predicted octanol–water partition coefficient (Wildman–Crippen LogP) is 4.51. The van der Waals surface area contributed by atoms with Crippen molar-refractivity contribution >= 4 is 11.6 Å². The van der Waals surface area contributed by atoms with Crippen LogP contribution in [0.2, 0.25) is 5.02 Å². The molecule has 1 aromatic rings. The molecule has 2 nitrogen and oxygen atoms in total. The highest BCUT2D eigenvalue weighted by Crippen LogP contribution is 2.41. The van der Waals surface area contributed by atoms with Crippen molar-refractivity contribution in [2.45, 2.75) is 46.1 Å². The molecule has 20 heavy (non-hydrogen) atoms. The number of para-hydroxylation sites is 1. The highest BCUT2D eigenvalue weighted by atomic mass is 35.5. The normalized spacial score (nSPS) is 27.4. The molecule has 0 aromatic heterocycles. The van der Waals surface area contributed by atoms with Gasteiger partial charge in [-0.05, 0) is 49.3 Å². The Morgan fingerprint density at radius 3 is 2.55 bits per heavy atom. The first-order chi connectivity index (χ1) is 9.41. The van der Waals surface area contributed by atoms with E-state index >= 15 is 0 Å². The second kappa shape index (κ2) is 6.36. The highest BCUT2D eigenvalue weighted by Gasteiger charge is 2.36. The topological polar surface area (TPSA) is 35.2 Å². The Morgan fingerprint density at radius 2 is 1.95 bits per heavy atom. The zero-order valence-electron chi connectivity index (χ0n) is 12.7. The second-order valence-corrected chi connectivity index (χ2v) is 7.37. The number of benzene rings is 1. The molecule has 1 saturated carbocycles. The van der Waals surface area contributed by atoms with Crippen LogP contribution >= 0.6 is 11.6 Å². The molecule has 3 heteroatoms. The number of hydrogen-bond acceptors (Lipinski definition) is 2. The molecule has 2 rings (SSSR count). The van der Waals surface area contributed by atoms with Crippen molar-refractivity contribution < 1.29 is 4.74 Å².